The second kappa shape index (κ2) is 3.92. The topological polar surface area (TPSA) is 82.9 Å². The van der Waals surface area contributed by atoms with Crippen LogP contribution in [0, 0.1) is 20.8 Å². The zero-order valence-corrected chi connectivity index (χ0v) is 9.54. The van der Waals surface area contributed by atoms with Crippen LogP contribution in [0.3, 0.4) is 0 Å². The van der Waals surface area contributed by atoms with Crippen molar-refractivity contribution in [2.24, 2.45) is 4.52 Å². The molecule has 0 radical (unpaired) electrons. The van der Waals surface area contributed by atoms with Crippen LogP contribution >= 0.6 is 0 Å². The van der Waals surface area contributed by atoms with Gasteiger partial charge in [0.25, 0.3) is 10.0 Å². The summed E-state index contributed by atoms with van der Waals surface area (Å²) in [4.78, 5) is 2.43. The quantitative estimate of drug-likeness (QED) is 0.440. The van der Waals surface area contributed by atoms with Crippen LogP contribution in [0.25, 0.3) is 10.4 Å². The van der Waals surface area contributed by atoms with Crippen LogP contribution in [0.15, 0.2) is 21.5 Å². The summed E-state index contributed by atoms with van der Waals surface area (Å²) in [5.41, 5.74) is 10.3. The summed E-state index contributed by atoms with van der Waals surface area (Å²) in [5, 5.41) is 0. The fraction of sp³-hybridized carbons (Fsp3) is 0.333. The fourth-order valence-electron chi connectivity index (χ4n) is 1.66. The van der Waals surface area contributed by atoms with Crippen LogP contribution in [0.4, 0.5) is 0 Å². The summed E-state index contributed by atoms with van der Waals surface area (Å²) >= 11 is 0. The van der Waals surface area contributed by atoms with E-state index in [2.05, 4.69) is 9.43 Å². The third kappa shape index (κ3) is 2.29. The van der Waals surface area contributed by atoms with Gasteiger partial charge in [0.1, 0.15) is 0 Å². The summed E-state index contributed by atoms with van der Waals surface area (Å²) < 4.78 is 26.0. The number of rotatable bonds is 2. The van der Waals surface area contributed by atoms with E-state index in [0.717, 1.165) is 5.56 Å². The molecule has 1 aromatic carbocycles. The van der Waals surface area contributed by atoms with Gasteiger partial charge >= 0.3 is 0 Å². The monoisotopic (exact) mass is 225 g/mol. The second-order valence-corrected chi connectivity index (χ2v) is 4.90. The predicted molar refractivity (Wildman–Crippen MR) is 57.0 cm³/mol. The highest BCUT2D eigenvalue weighted by Gasteiger charge is 2.17. The Morgan fingerprint density at radius 3 is 2.07 bits per heavy atom. The van der Waals surface area contributed by atoms with Crippen molar-refractivity contribution in [1.29, 1.82) is 0 Å². The van der Waals surface area contributed by atoms with Crippen molar-refractivity contribution in [1.82, 2.24) is 0 Å². The Morgan fingerprint density at radius 1 is 1.20 bits per heavy atom. The maximum atomic E-state index is 11.6. The highest BCUT2D eigenvalue weighted by atomic mass is 32.2. The van der Waals surface area contributed by atoms with E-state index >= 15 is 0 Å². The Hall–Kier alpha value is -1.52. The van der Waals surface area contributed by atoms with Crippen molar-refractivity contribution >= 4 is 10.0 Å². The number of hydrogen-bond acceptors (Lipinski definition) is 2. The summed E-state index contributed by atoms with van der Waals surface area (Å²) in [6.07, 6.45) is 0. The molecule has 0 aliphatic rings. The molecule has 0 bridgehead atoms. The summed E-state index contributed by atoms with van der Waals surface area (Å²) in [7, 11) is -3.88. The molecule has 1 aromatic rings. The number of hydrogen-bond donors (Lipinski definition) is 0. The predicted octanol–water partition coefficient (Wildman–Crippen LogP) is 2.61. The van der Waals surface area contributed by atoms with Gasteiger partial charge in [-0.3, -0.25) is 0 Å². The molecule has 0 unspecified atom stereocenters. The van der Waals surface area contributed by atoms with Crippen LogP contribution < -0.4 is 0 Å². The first-order valence-electron chi connectivity index (χ1n) is 4.27. The van der Waals surface area contributed by atoms with E-state index in [-0.39, 0.29) is 4.90 Å². The second-order valence-electron chi connectivity index (χ2n) is 3.37. The van der Waals surface area contributed by atoms with Gasteiger partial charge in [0.05, 0.1) is 4.90 Å². The molecule has 1 rings (SSSR count). The number of nitrogens with zero attached hydrogens (tertiary/aromatic N) is 3. The summed E-state index contributed by atoms with van der Waals surface area (Å²) in [6, 6.07) is 3.49. The lowest BCUT2D eigenvalue weighted by atomic mass is 10.1. The molecule has 15 heavy (non-hydrogen) atoms. The zero-order valence-electron chi connectivity index (χ0n) is 8.72. The van der Waals surface area contributed by atoms with Crippen LogP contribution in [-0.2, 0) is 10.0 Å². The molecular weight excluding hydrogens is 214 g/mol. The first-order valence-corrected chi connectivity index (χ1v) is 5.71. The Bertz CT molecular complexity index is 519. The van der Waals surface area contributed by atoms with Gasteiger partial charge in [-0.15, -0.1) is 0 Å². The zero-order chi connectivity index (χ0) is 11.6. The van der Waals surface area contributed by atoms with Gasteiger partial charge in [0, 0.05) is 9.43 Å². The Labute approximate surface area is 88.4 Å². The lowest BCUT2D eigenvalue weighted by Crippen LogP contribution is -2.02. The highest BCUT2D eigenvalue weighted by Crippen LogP contribution is 2.23. The number of benzene rings is 1. The molecule has 0 atom stereocenters. The lowest BCUT2D eigenvalue weighted by molar-refractivity contribution is 0.596. The van der Waals surface area contributed by atoms with Crippen molar-refractivity contribution in [2.75, 3.05) is 0 Å². The third-order valence-electron chi connectivity index (χ3n) is 2.01. The van der Waals surface area contributed by atoms with Crippen molar-refractivity contribution in [3.8, 4) is 0 Å². The van der Waals surface area contributed by atoms with E-state index in [9.17, 15) is 8.42 Å². The van der Waals surface area contributed by atoms with Crippen LogP contribution in [0.2, 0.25) is 0 Å². The molecule has 0 amide bonds. The molecule has 0 N–H and O–H groups in total. The molecule has 0 aliphatic carbocycles. The third-order valence-corrected chi connectivity index (χ3v) is 3.45. The van der Waals surface area contributed by atoms with E-state index in [0.29, 0.717) is 11.1 Å². The number of aryl methyl sites for hydroxylation is 3. The largest absolute Gasteiger partial charge is 0.264 e. The van der Waals surface area contributed by atoms with E-state index in [1.54, 1.807) is 26.0 Å². The highest BCUT2D eigenvalue weighted by molar-refractivity contribution is 7.90. The summed E-state index contributed by atoms with van der Waals surface area (Å²) in [6.45, 7) is 5.24. The van der Waals surface area contributed by atoms with Crippen LogP contribution in [0.1, 0.15) is 16.7 Å². The first kappa shape index (κ1) is 11.6. The van der Waals surface area contributed by atoms with Gasteiger partial charge in [-0.25, -0.2) is 8.42 Å². The van der Waals surface area contributed by atoms with Crippen molar-refractivity contribution in [3.05, 3.63) is 39.3 Å². The Kier molecular flexibility index (Phi) is 3.02. The van der Waals surface area contributed by atoms with Crippen LogP contribution in [-0.4, -0.2) is 8.42 Å². The molecule has 6 heteroatoms. The Morgan fingerprint density at radius 2 is 1.67 bits per heavy atom. The molecule has 0 spiro atoms. The van der Waals surface area contributed by atoms with Crippen LogP contribution in [0.5, 0.6) is 0 Å². The minimum Gasteiger partial charge on any atom is -0.216 e. The van der Waals surface area contributed by atoms with E-state index in [1.165, 1.54) is 0 Å². The number of azide groups is 1. The smallest absolute Gasteiger partial charge is 0.216 e. The van der Waals surface area contributed by atoms with Crippen molar-refractivity contribution < 1.29 is 8.42 Å². The molecule has 0 aromatic heterocycles. The normalized spacial score (nSPS) is 10.9. The minimum atomic E-state index is -3.88. The van der Waals surface area contributed by atoms with E-state index < -0.39 is 10.0 Å². The number of sulfonamides is 1. The molecule has 0 fully saturated rings. The van der Waals surface area contributed by atoms with Gasteiger partial charge in [0.2, 0.25) is 0 Å². The van der Waals surface area contributed by atoms with Gasteiger partial charge in [-0.1, -0.05) is 17.7 Å². The van der Waals surface area contributed by atoms with Crippen molar-refractivity contribution in [2.45, 2.75) is 25.7 Å². The summed E-state index contributed by atoms with van der Waals surface area (Å²) in [5.74, 6) is 0. The van der Waals surface area contributed by atoms with Gasteiger partial charge in [-0.2, -0.15) is 0 Å². The van der Waals surface area contributed by atoms with Gasteiger partial charge in [0.15, 0.2) is 0 Å². The van der Waals surface area contributed by atoms with Crippen molar-refractivity contribution in [3.63, 3.8) is 0 Å². The fourth-order valence-corrected chi connectivity index (χ4v) is 2.77. The first-order chi connectivity index (χ1) is 6.88. The molecule has 0 heterocycles. The molecule has 0 aliphatic heterocycles. The average Bonchev–Trinajstić information content (AvgIpc) is 1.99. The maximum absolute atomic E-state index is 11.6. The molecule has 5 nitrogen and oxygen atoms in total. The maximum Gasteiger partial charge on any atom is 0.264 e. The lowest BCUT2D eigenvalue weighted by Gasteiger charge is -2.08. The van der Waals surface area contributed by atoms with E-state index in [4.69, 9.17) is 5.53 Å². The average molecular weight is 225 g/mol. The standard InChI is InChI=1S/C9H11N3O2S/c1-6-4-7(2)9(8(3)5-6)15(13,14)12-11-10/h4-5H,1-3H3. The molecule has 0 saturated carbocycles. The van der Waals surface area contributed by atoms with Gasteiger partial charge in [-0.05, 0) is 37.4 Å². The molecule has 0 saturated heterocycles. The molecule has 80 valence electrons. The van der Waals surface area contributed by atoms with Gasteiger partial charge < -0.3 is 0 Å². The van der Waals surface area contributed by atoms with E-state index in [1.807, 2.05) is 6.92 Å². The SMILES string of the molecule is Cc1cc(C)c(S(=O)(=O)N=[N+]=[N-])c(C)c1. The minimum absolute atomic E-state index is 0.103. The molecular formula is C9H11N3O2S. The Balaban J connectivity index is 3.59.